The van der Waals surface area contributed by atoms with Crippen LogP contribution in [0.5, 0.6) is 0 Å². The summed E-state index contributed by atoms with van der Waals surface area (Å²) < 4.78 is 0. The highest BCUT2D eigenvalue weighted by atomic mass is 16.2. The lowest BCUT2D eigenvalue weighted by Crippen LogP contribution is -2.39. The highest BCUT2D eigenvalue weighted by Gasteiger charge is 2.21. The van der Waals surface area contributed by atoms with Gasteiger partial charge >= 0.3 is 0 Å². The van der Waals surface area contributed by atoms with Crippen molar-refractivity contribution in [3.05, 3.63) is 72.3 Å². The maximum atomic E-state index is 12.8. The molecule has 0 atom stereocenters. The molecule has 0 aliphatic carbocycles. The van der Waals surface area contributed by atoms with Gasteiger partial charge in [0.2, 0.25) is 11.8 Å². The molecular weight excluding hydrogens is 428 g/mol. The second kappa shape index (κ2) is 11.4. The summed E-state index contributed by atoms with van der Waals surface area (Å²) in [6, 6.07) is 21.6. The monoisotopic (exact) mass is 458 g/mol. The Labute approximate surface area is 199 Å². The van der Waals surface area contributed by atoms with Gasteiger partial charge in [-0.25, -0.2) is 9.97 Å². The lowest BCUT2D eigenvalue weighted by Gasteiger charge is -2.31. The van der Waals surface area contributed by atoms with Gasteiger partial charge < -0.3 is 16.4 Å². The van der Waals surface area contributed by atoms with Crippen LogP contribution in [0.1, 0.15) is 18.4 Å². The molecule has 1 fully saturated rings. The first-order valence-corrected chi connectivity index (χ1v) is 11.6. The predicted molar refractivity (Wildman–Crippen MR) is 133 cm³/mol. The number of primary amides is 1. The van der Waals surface area contributed by atoms with E-state index in [0.717, 1.165) is 37.9 Å². The molecule has 0 spiro atoms. The van der Waals surface area contributed by atoms with E-state index in [1.165, 1.54) is 5.56 Å². The normalized spacial score (nSPS) is 14.5. The van der Waals surface area contributed by atoms with Gasteiger partial charge in [0.05, 0.1) is 13.1 Å². The maximum Gasteiger partial charge on any atom is 0.239 e. The fourth-order valence-electron chi connectivity index (χ4n) is 4.18. The van der Waals surface area contributed by atoms with Crippen molar-refractivity contribution in [1.82, 2.24) is 14.9 Å². The Morgan fingerprint density at radius 2 is 1.59 bits per heavy atom. The van der Waals surface area contributed by atoms with Crippen LogP contribution in [0.4, 0.5) is 11.6 Å². The van der Waals surface area contributed by atoms with Gasteiger partial charge in [0.1, 0.15) is 11.6 Å². The zero-order valence-electron chi connectivity index (χ0n) is 19.1. The molecule has 8 heteroatoms. The van der Waals surface area contributed by atoms with Crippen LogP contribution in [0.25, 0.3) is 11.4 Å². The zero-order chi connectivity index (χ0) is 23.8. The third-order valence-electron chi connectivity index (χ3n) is 5.91. The summed E-state index contributed by atoms with van der Waals surface area (Å²) in [5.74, 6) is 1.28. The molecule has 8 nitrogen and oxygen atoms in total. The number of nitrogens with two attached hydrogens (primary N) is 1. The first-order valence-electron chi connectivity index (χ1n) is 11.6. The van der Waals surface area contributed by atoms with Crippen LogP contribution in [0.2, 0.25) is 0 Å². The van der Waals surface area contributed by atoms with E-state index in [1.54, 1.807) is 6.07 Å². The lowest BCUT2D eigenvalue weighted by atomic mass is 9.90. The van der Waals surface area contributed by atoms with Gasteiger partial charge in [0, 0.05) is 11.6 Å². The van der Waals surface area contributed by atoms with Crippen molar-refractivity contribution >= 4 is 23.5 Å². The molecule has 2 aromatic carbocycles. The molecule has 2 heterocycles. The van der Waals surface area contributed by atoms with Crippen molar-refractivity contribution < 1.29 is 9.59 Å². The van der Waals surface area contributed by atoms with E-state index in [-0.39, 0.29) is 12.5 Å². The molecule has 3 aromatic rings. The number of benzene rings is 2. The average molecular weight is 459 g/mol. The number of nitrogens with zero attached hydrogens (tertiary/aromatic N) is 3. The number of anilines is 2. The number of piperidine rings is 1. The Hall–Kier alpha value is -3.78. The molecule has 34 heavy (non-hydrogen) atoms. The molecule has 0 radical (unpaired) electrons. The number of likely N-dealkylation sites (tertiary alicyclic amines) is 1. The van der Waals surface area contributed by atoms with E-state index in [2.05, 4.69) is 49.8 Å². The molecule has 0 unspecified atom stereocenters. The van der Waals surface area contributed by atoms with Crippen LogP contribution in [-0.2, 0) is 16.0 Å². The summed E-state index contributed by atoms with van der Waals surface area (Å²) in [5, 5.41) is 5.78. The van der Waals surface area contributed by atoms with Crippen molar-refractivity contribution in [3.8, 4) is 11.4 Å². The third kappa shape index (κ3) is 6.86. The molecule has 0 bridgehead atoms. The van der Waals surface area contributed by atoms with Gasteiger partial charge in [0.25, 0.3) is 0 Å². The average Bonchev–Trinajstić information content (AvgIpc) is 2.85. The van der Waals surface area contributed by atoms with E-state index in [4.69, 9.17) is 5.73 Å². The van der Waals surface area contributed by atoms with Crippen molar-refractivity contribution in [2.75, 3.05) is 36.8 Å². The smallest absolute Gasteiger partial charge is 0.239 e. The van der Waals surface area contributed by atoms with E-state index >= 15 is 0 Å². The van der Waals surface area contributed by atoms with Crippen LogP contribution in [-0.4, -0.2) is 52.9 Å². The molecule has 1 saturated heterocycles. The van der Waals surface area contributed by atoms with Crippen LogP contribution in [0.3, 0.4) is 0 Å². The molecule has 1 aliphatic heterocycles. The second-order valence-corrected chi connectivity index (χ2v) is 8.61. The summed E-state index contributed by atoms with van der Waals surface area (Å²) in [6.07, 6.45) is 3.25. The Morgan fingerprint density at radius 1 is 0.941 bits per heavy atom. The van der Waals surface area contributed by atoms with Crippen molar-refractivity contribution in [2.24, 2.45) is 11.7 Å². The topological polar surface area (TPSA) is 113 Å². The van der Waals surface area contributed by atoms with Crippen molar-refractivity contribution in [2.45, 2.75) is 19.3 Å². The summed E-state index contributed by atoms with van der Waals surface area (Å²) >= 11 is 0. The Bertz CT molecular complexity index is 1100. The van der Waals surface area contributed by atoms with E-state index in [0.29, 0.717) is 29.9 Å². The fourth-order valence-corrected chi connectivity index (χ4v) is 4.18. The standard InChI is InChI=1S/C26H30N6O2/c27-22(33)17-28-23-16-24(31-26(30-23)21-9-5-2-6-10-21)29-25(34)18-32-13-11-20(12-14-32)15-19-7-3-1-4-8-19/h1-10,16,20H,11-15,17-18H2,(H2,27,33)(H2,28,29,30,31,34). The summed E-state index contributed by atoms with van der Waals surface area (Å²) in [5.41, 5.74) is 7.42. The minimum atomic E-state index is -0.499. The molecule has 0 saturated carbocycles. The van der Waals surface area contributed by atoms with E-state index < -0.39 is 5.91 Å². The Balaban J connectivity index is 1.35. The minimum absolute atomic E-state index is 0.0590. The van der Waals surface area contributed by atoms with Gasteiger partial charge in [-0.1, -0.05) is 60.7 Å². The number of rotatable bonds is 9. The summed E-state index contributed by atoms with van der Waals surface area (Å²) in [7, 11) is 0. The van der Waals surface area contributed by atoms with Gasteiger partial charge in [-0.2, -0.15) is 0 Å². The van der Waals surface area contributed by atoms with E-state index in [9.17, 15) is 9.59 Å². The summed E-state index contributed by atoms with van der Waals surface area (Å²) in [4.78, 5) is 35.1. The number of amides is 2. The molecule has 4 rings (SSSR count). The first kappa shape index (κ1) is 23.4. The van der Waals surface area contributed by atoms with Crippen LogP contribution >= 0.6 is 0 Å². The predicted octanol–water partition coefficient (Wildman–Crippen LogP) is 2.93. The molecule has 1 aromatic heterocycles. The molecule has 4 N–H and O–H groups in total. The zero-order valence-corrected chi connectivity index (χ0v) is 19.1. The quantitative estimate of drug-likeness (QED) is 0.454. The van der Waals surface area contributed by atoms with Gasteiger partial charge in [-0.3, -0.25) is 14.5 Å². The largest absolute Gasteiger partial charge is 0.368 e. The van der Waals surface area contributed by atoms with Crippen molar-refractivity contribution in [3.63, 3.8) is 0 Å². The van der Waals surface area contributed by atoms with Crippen LogP contribution < -0.4 is 16.4 Å². The Kier molecular flexibility index (Phi) is 7.83. The van der Waals surface area contributed by atoms with E-state index in [1.807, 2.05) is 36.4 Å². The number of carbonyl (C=O) groups is 2. The minimum Gasteiger partial charge on any atom is -0.368 e. The number of hydrogen-bond donors (Lipinski definition) is 3. The number of nitrogens with one attached hydrogen (secondary N) is 2. The number of hydrogen-bond acceptors (Lipinski definition) is 6. The van der Waals surface area contributed by atoms with Gasteiger partial charge in [0.15, 0.2) is 5.82 Å². The van der Waals surface area contributed by atoms with Crippen LogP contribution in [0.15, 0.2) is 66.7 Å². The molecule has 2 amide bonds. The van der Waals surface area contributed by atoms with Gasteiger partial charge in [-0.15, -0.1) is 0 Å². The number of carbonyl (C=O) groups excluding carboxylic acids is 2. The first-order chi connectivity index (χ1) is 16.5. The second-order valence-electron chi connectivity index (χ2n) is 8.61. The lowest BCUT2D eigenvalue weighted by molar-refractivity contribution is -0.118. The Morgan fingerprint density at radius 3 is 2.26 bits per heavy atom. The molecular formula is C26H30N6O2. The van der Waals surface area contributed by atoms with Gasteiger partial charge in [-0.05, 0) is 43.8 Å². The number of aromatic nitrogens is 2. The molecule has 1 aliphatic rings. The SMILES string of the molecule is NC(=O)CNc1cc(NC(=O)CN2CCC(Cc3ccccc3)CC2)nc(-c2ccccc2)n1. The highest BCUT2D eigenvalue weighted by Crippen LogP contribution is 2.22. The highest BCUT2D eigenvalue weighted by molar-refractivity contribution is 5.92. The molecule has 176 valence electrons. The third-order valence-corrected chi connectivity index (χ3v) is 5.91. The summed E-state index contributed by atoms with van der Waals surface area (Å²) in [6.45, 7) is 2.05. The van der Waals surface area contributed by atoms with Crippen molar-refractivity contribution in [1.29, 1.82) is 0 Å². The fraction of sp³-hybridized carbons (Fsp3) is 0.308. The maximum absolute atomic E-state index is 12.8. The van der Waals surface area contributed by atoms with Crippen LogP contribution in [0, 0.1) is 5.92 Å².